The first-order valence-electron chi connectivity index (χ1n) is 6.79. The van der Waals surface area contributed by atoms with Gasteiger partial charge in [-0.05, 0) is 24.6 Å². The third kappa shape index (κ3) is 4.17. The number of anilines is 1. The molecule has 2 rings (SSSR count). The third-order valence-corrected chi connectivity index (χ3v) is 2.89. The lowest BCUT2D eigenvalue weighted by atomic mass is 10.1. The van der Waals surface area contributed by atoms with Crippen LogP contribution >= 0.6 is 0 Å². The summed E-state index contributed by atoms with van der Waals surface area (Å²) in [6, 6.07) is 10.9. The van der Waals surface area contributed by atoms with Gasteiger partial charge in [-0.15, -0.1) is 10.2 Å². The van der Waals surface area contributed by atoms with E-state index in [4.69, 9.17) is 10.5 Å². The Labute approximate surface area is 123 Å². The summed E-state index contributed by atoms with van der Waals surface area (Å²) >= 11 is 0. The van der Waals surface area contributed by atoms with Gasteiger partial charge < -0.3 is 15.8 Å². The number of hydrogen-bond donors (Lipinski definition) is 2. The molecule has 1 amide bonds. The van der Waals surface area contributed by atoms with Crippen molar-refractivity contribution in [3.63, 3.8) is 0 Å². The van der Waals surface area contributed by atoms with Crippen LogP contribution in [0.15, 0.2) is 36.4 Å². The minimum Gasteiger partial charge on any atom is -0.476 e. The van der Waals surface area contributed by atoms with Crippen molar-refractivity contribution < 1.29 is 9.53 Å². The highest BCUT2D eigenvalue weighted by atomic mass is 16.5. The van der Waals surface area contributed by atoms with Crippen molar-refractivity contribution in [2.24, 2.45) is 0 Å². The Hall–Kier alpha value is -2.63. The second-order valence-corrected chi connectivity index (χ2v) is 4.41. The molecule has 110 valence electrons. The van der Waals surface area contributed by atoms with Crippen LogP contribution in [0.25, 0.3) is 0 Å². The summed E-state index contributed by atoms with van der Waals surface area (Å²) in [5.74, 6) is 0.145. The Morgan fingerprint density at radius 3 is 2.71 bits per heavy atom. The molecule has 0 aliphatic carbocycles. The first-order chi connectivity index (χ1) is 10.2. The smallest absolute Gasteiger partial charge is 0.271 e. The van der Waals surface area contributed by atoms with Crippen molar-refractivity contribution in [2.45, 2.75) is 13.3 Å². The minimum atomic E-state index is -0.242. The molecule has 1 aromatic carbocycles. The molecule has 0 radical (unpaired) electrons. The molecule has 3 N–H and O–H groups in total. The summed E-state index contributed by atoms with van der Waals surface area (Å²) in [6.07, 6.45) is 0.687. The summed E-state index contributed by atoms with van der Waals surface area (Å²) in [5.41, 5.74) is 7.91. The van der Waals surface area contributed by atoms with E-state index in [0.29, 0.717) is 25.5 Å². The average Bonchev–Trinajstić information content (AvgIpc) is 2.50. The molecular weight excluding hydrogens is 268 g/mol. The van der Waals surface area contributed by atoms with Gasteiger partial charge in [-0.1, -0.05) is 18.2 Å². The molecule has 6 heteroatoms. The van der Waals surface area contributed by atoms with Crippen molar-refractivity contribution in [3.8, 4) is 5.88 Å². The number of nitrogens with zero attached hydrogens (tertiary/aromatic N) is 2. The fourth-order valence-electron chi connectivity index (χ4n) is 1.80. The van der Waals surface area contributed by atoms with E-state index in [0.717, 1.165) is 11.3 Å². The van der Waals surface area contributed by atoms with Crippen LogP contribution in [-0.2, 0) is 6.42 Å². The number of nitrogens with one attached hydrogen (secondary N) is 1. The summed E-state index contributed by atoms with van der Waals surface area (Å²) in [6.45, 7) is 2.85. The first-order valence-corrected chi connectivity index (χ1v) is 6.79. The summed E-state index contributed by atoms with van der Waals surface area (Å²) < 4.78 is 5.50. The largest absolute Gasteiger partial charge is 0.476 e. The molecule has 0 saturated carbocycles. The van der Waals surface area contributed by atoms with Gasteiger partial charge in [-0.2, -0.15) is 0 Å². The Kier molecular flexibility index (Phi) is 5.09. The fourth-order valence-corrected chi connectivity index (χ4v) is 1.80. The van der Waals surface area contributed by atoms with Crippen LogP contribution in [0.5, 0.6) is 5.88 Å². The van der Waals surface area contributed by atoms with Crippen molar-refractivity contribution in [2.75, 3.05) is 18.9 Å². The lowest BCUT2D eigenvalue weighted by Crippen LogP contribution is -2.24. The number of carbonyl (C=O) groups excluding carboxylic acids is 1. The molecule has 0 spiro atoms. The molecule has 0 aliphatic heterocycles. The van der Waals surface area contributed by atoms with E-state index >= 15 is 0 Å². The minimum absolute atomic E-state index is 0.242. The quantitative estimate of drug-likeness (QED) is 0.784. The highest BCUT2D eigenvalue weighted by Crippen LogP contribution is 2.12. The first kappa shape index (κ1) is 14.8. The molecule has 1 aromatic heterocycles. The topological polar surface area (TPSA) is 90.1 Å². The molecule has 0 unspecified atom stereocenters. The number of para-hydroxylation sites is 1. The van der Waals surface area contributed by atoms with Crippen LogP contribution in [-0.4, -0.2) is 29.3 Å². The second-order valence-electron chi connectivity index (χ2n) is 4.41. The molecule has 0 bridgehead atoms. The van der Waals surface area contributed by atoms with Crippen molar-refractivity contribution in [1.29, 1.82) is 0 Å². The van der Waals surface area contributed by atoms with Gasteiger partial charge in [0.1, 0.15) is 0 Å². The van der Waals surface area contributed by atoms with E-state index in [1.54, 1.807) is 12.1 Å². The molecule has 6 nitrogen and oxygen atoms in total. The Balaban J connectivity index is 1.87. The van der Waals surface area contributed by atoms with Crippen LogP contribution in [0.1, 0.15) is 23.0 Å². The van der Waals surface area contributed by atoms with Crippen molar-refractivity contribution in [1.82, 2.24) is 15.5 Å². The molecule has 0 atom stereocenters. The number of aromatic nitrogens is 2. The van der Waals surface area contributed by atoms with Gasteiger partial charge in [0.2, 0.25) is 5.88 Å². The summed E-state index contributed by atoms with van der Waals surface area (Å²) in [5, 5.41) is 10.4. The zero-order chi connectivity index (χ0) is 15.1. The average molecular weight is 286 g/mol. The number of nitrogen functional groups attached to an aromatic ring is 1. The second kappa shape index (κ2) is 7.23. The molecule has 0 fully saturated rings. The number of benzene rings is 1. The molecule has 1 heterocycles. The number of rotatable bonds is 6. The predicted octanol–water partition coefficient (Wildman–Crippen LogP) is 1.43. The maximum Gasteiger partial charge on any atom is 0.271 e. The Bertz CT molecular complexity index is 599. The Morgan fingerprint density at radius 2 is 2.05 bits per heavy atom. The van der Waals surface area contributed by atoms with E-state index < -0.39 is 0 Å². The van der Waals surface area contributed by atoms with Crippen LogP contribution < -0.4 is 15.8 Å². The number of ether oxygens (including phenoxy) is 1. The maximum absolute atomic E-state index is 11.5. The molecule has 2 aromatic rings. The number of hydrogen-bond acceptors (Lipinski definition) is 5. The van der Waals surface area contributed by atoms with Gasteiger partial charge in [0, 0.05) is 24.7 Å². The number of carbonyl (C=O) groups is 1. The van der Waals surface area contributed by atoms with Gasteiger partial charge >= 0.3 is 0 Å². The predicted molar refractivity (Wildman–Crippen MR) is 80.1 cm³/mol. The SMILES string of the molecule is CCNC(=O)c1ccc(OCCc2ccccc2N)nn1. The molecule has 21 heavy (non-hydrogen) atoms. The van der Waals surface area contributed by atoms with Gasteiger partial charge in [-0.25, -0.2) is 0 Å². The molecule has 0 saturated heterocycles. The third-order valence-electron chi connectivity index (χ3n) is 2.89. The van der Waals surface area contributed by atoms with Crippen LogP contribution in [0.3, 0.4) is 0 Å². The van der Waals surface area contributed by atoms with E-state index in [9.17, 15) is 4.79 Å². The van der Waals surface area contributed by atoms with Gasteiger partial charge in [0.05, 0.1) is 6.61 Å². The van der Waals surface area contributed by atoms with Crippen LogP contribution in [0.2, 0.25) is 0 Å². The van der Waals surface area contributed by atoms with E-state index in [-0.39, 0.29) is 11.6 Å². The zero-order valence-corrected chi connectivity index (χ0v) is 11.9. The molecule has 0 aliphatic rings. The van der Waals surface area contributed by atoms with Crippen molar-refractivity contribution >= 4 is 11.6 Å². The normalized spacial score (nSPS) is 10.1. The molecular formula is C15H18N4O2. The standard InChI is InChI=1S/C15H18N4O2/c1-2-17-15(20)13-7-8-14(19-18-13)21-10-9-11-5-3-4-6-12(11)16/h3-8H,2,9-10,16H2,1H3,(H,17,20). The lowest BCUT2D eigenvalue weighted by Gasteiger charge is -2.07. The number of nitrogens with two attached hydrogens (primary N) is 1. The van der Waals surface area contributed by atoms with E-state index in [2.05, 4.69) is 15.5 Å². The summed E-state index contributed by atoms with van der Waals surface area (Å²) in [4.78, 5) is 11.5. The zero-order valence-electron chi connectivity index (χ0n) is 11.9. The Morgan fingerprint density at radius 1 is 1.24 bits per heavy atom. The lowest BCUT2D eigenvalue weighted by molar-refractivity contribution is 0.0949. The van der Waals surface area contributed by atoms with Crippen LogP contribution in [0, 0.1) is 0 Å². The highest BCUT2D eigenvalue weighted by molar-refractivity contribution is 5.91. The van der Waals surface area contributed by atoms with E-state index in [1.807, 2.05) is 31.2 Å². The maximum atomic E-state index is 11.5. The summed E-state index contributed by atoms with van der Waals surface area (Å²) in [7, 11) is 0. The highest BCUT2D eigenvalue weighted by Gasteiger charge is 2.07. The monoisotopic (exact) mass is 286 g/mol. The van der Waals surface area contributed by atoms with Gasteiger partial charge in [-0.3, -0.25) is 4.79 Å². The van der Waals surface area contributed by atoms with Crippen LogP contribution in [0.4, 0.5) is 5.69 Å². The number of amides is 1. The fraction of sp³-hybridized carbons (Fsp3) is 0.267. The van der Waals surface area contributed by atoms with Gasteiger partial charge in [0.15, 0.2) is 5.69 Å². The van der Waals surface area contributed by atoms with Crippen molar-refractivity contribution in [3.05, 3.63) is 47.7 Å². The van der Waals surface area contributed by atoms with Gasteiger partial charge in [0.25, 0.3) is 5.91 Å². The van der Waals surface area contributed by atoms with E-state index in [1.165, 1.54) is 0 Å².